The largest absolute Gasteiger partial charge is 0.340 e. The third-order valence-electron chi connectivity index (χ3n) is 3.68. The number of aromatic nitrogens is 2. The Morgan fingerprint density at radius 2 is 1.85 bits per heavy atom. The van der Waals surface area contributed by atoms with Crippen LogP contribution >= 0.6 is 11.6 Å². The van der Waals surface area contributed by atoms with Gasteiger partial charge in [-0.05, 0) is 49.7 Å². The number of carbonyl (C=O) groups excluding carboxylic acids is 1. The Morgan fingerprint density at radius 3 is 2.62 bits per heavy atom. The minimum absolute atomic E-state index is 0.191. The van der Waals surface area contributed by atoms with Crippen molar-refractivity contribution < 1.29 is 9.18 Å². The van der Waals surface area contributed by atoms with Crippen LogP contribution in [0, 0.1) is 19.7 Å². The lowest BCUT2D eigenvalue weighted by Crippen LogP contribution is -2.16. The molecular weight excluding hydrogens is 355 g/mol. The van der Waals surface area contributed by atoms with Crippen LogP contribution in [0.2, 0.25) is 5.02 Å². The van der Waals surface area contributed by atoms with Crippen LogP contribution in [0.3, 0.4) is 0 Å². The monoisotopic (exact) mass is 370 g/mol. The van der Waals surface area contributed by atoms with Crippen LogP contribution in [0.25, 0.3) is 0 Å². The summed E-state index contributed by atoms with van der Waals surface area (Å²) in [5, 5.41) is 6.33. The predicted octanol–water partition coefficient (Wildman–Crippen LogP) is 4.88. The van der Waals surface area contributed by atoms with Crippen molar-refractivity contribution in [1.29, 1.82) is 0 Å². The van der Waals surface area contributed by atoms with Gasteiger partial charge in [-0.1, -0.05) is 23.7 Å². The van der Waals surface area contributed by atoms with Crippen LogP contribution < -0.4 is 10.6 Å². The van der Waals surface area contributed by atoms with Crippen molar-refractivity contribution in [2.75, 3.05) is 10.6 Å². The van der Waals surface area contributed by atoms with E-state index in [0.29, 0.717) is 28.0 Å². The Morgan fingerprint density at radius 1 is 1.08 bits per heavy atom. The Balaban J connectivity index is 1.84. The van der Waals surface area contributed by atoms with Crippen molar-refractivity contribution >= 4 is 34.7 Å². The van der Waals surface area contributed by atoms with Gasteiger partial charge in [-0.15, -0.1) is 0 Å². The number of hydrogen-bond donors (Lipinski definition) is 2. The molecule has 5 nitrogen and oxygen atoms in total. The molecule has 0 spiro atoms. The van der Waals surface area contributed by atoms with Crippen LogP contribution in [0.5, 0.6) is 0 Å². The number of carbonyl (C=O) groups is 1. The van der Waals surface area contributed by atoms with E-state index in [-0.39, 0.29) is 17.4 Å². The zero-order valence-corrected chi connectivity index (χ0v) is 14.9. The fraction of sp³-hybridized carbons (Fsp3) is 0.105. The molecule has 0 unspecified atom stereocenters. The molecule has 0 aliphatic carbocycles. The molecule has 2 N–H and O–H groups in total. The van der Waals surface area contributed by atoms with Gasteiger partial charge in [0.15, 0.2) is 0 Å². The summed E-state index contributed by atoms with van der Waals surface area (Å²) < 4.78 is 13.3. The molecule has 3 rings (SSSR count). The maximum absolute atomic E-state index is 13.3. The van der Waals surface area contributed by atoms with E-state index in [2.05, 4.69) is 20.6 Å². The summed E-state index contributed by atoms with van der Waals surface area (Å²) in [4.78, 5) is 21.0. The van der Waals surface area contributed by atoms with Gasteiger partial charge in [0.1, 0.15) is 23.2 Å². The van der Waals surface area contributed by atoms with Gasteiger partial charge in [-0.25, -0.2) is 14.4 Å². The second-order valence-corrected chi connectivity index (χ2v) is 6.09. The smallest absolute Gasteiger partial charge is 0.274 e. The van der Waals surface area contributed by atoms with Crippen molar-refractivity contribution in [3.8, 4) is 0 Å². The average molecular weight is 371 g/mol. The maximum atomic E-state index is 13.3. The molecule has 3 aromatic rings. The lowest BCUT2D eigenvalue weighted by molar-refractivity contribution is 0.102. The second kappa shape index (κ2) is 7.49. The fourth-order valence-electron chi connectivity index (χ4n) is 2.39. The third kappa shape index (κ3) is 4.15. The minimum Gasteiger partial charge on any atom is -0.340 e. The summed E-state index contributed by atoms with van der Waals surface area (Å²) in [5.41, 5.74) is 2.10. The van der Waals surface area contributed by atoms with Crippen LogP contribution in [0.1, 0.15) is 21.9 Å². The molecule has 7 heteroatoms. The Bertz CT molecular complexity index is 978. The molecule has 0 aliphatic rings. The first kappa shape index (κ1) is 17.8. The summed E-state index contributed by atoms with van der Waals surface area (Å²) in [6, 6.07) is 12.8. The Labute approximate surface area is 155 Å². The summed E-state index contributed by atoms with van der Waals surface area (Å²) in [6.07, 6.45) is 0. The number of benzene rings is 2. The molecule has 0 saturated heterocycles. The van der Waals surface area contributed by atoms with E-state index in [1.165, 1.54) is 18.2 Å². The van der Waals surface area contributed by atoms with E-state index < -0.39 is 0 Å². The molecule has 0 bridgehead atoms. The van der Waals surface area contributed by atoms with Crippen LogP contribution in [0.4, 0.5) is 21.6 Å². The van der Waals surface area contributed by atoms with Crippen molar-refractivity contribution in [3.63, 3.8) is 0 Å². The molecule has 0 aliphatic heterocycles. The number of rotatable bonds is 4. The summed E-state index contributed by atoms with van der Waals surface area (Å²) in [7, 11) is 0. The van der Waals surface area contributed by atoms with Gasteiger partial charge in [-0.2, -0.15) is 0 Å². The molecule has 2 aromatic carbocycles. The number of hydrogen-bond acceptors (Lipinski definition) is 4. The third-order valence-corrected chi connectivity index (χ3v) is 4.09. The first-order valence-electron chi connectivity index (χ1n) is 7.87. The Hall–Kier alpha value is -2.99. The number of nitrogens with one attached hydrogen (secondary N) is 2. The number of nitrogens with zero attached hydrogens (tertiary/aromatic N) is 2. The molecule has 26 heavy (non-hydrogen) atoms. The SMILES string of the molecule is Cc1nc(Nc2cccc(F)c2)cc(C(=O)Nc2cccc(Cl)c2C)n1. The number of anilines is 3. The lowest BCUT2D eigenvalue weighted by Gasteiger charge is -2.11. The van der Waals surface area contributed by atoms with Gasteiger partial charge in [0.05, 0.1) is 0 Å². The second-order valence-electron chi connectivity index (χ2n) is 5.69. The fourth-order valence-corrected chi connectivity index (χ4v) is 2.57. The first-order chi connectivity index (χ1) is 12.4. The molecule has 1 amide bonds. The summed E-state index contributed by atoms with van der Waals surface area (Å²) in [6.45, 7) is 3.50. The summed E-state index contributed by atoms with van der Waals surface area (Å²) in [5.74, 6) is 0.0637. The zero-order chi connectivity index (χ0) is 18.7. The van der Waals surface area contributed by atoms with E-state index in [4.69, 9.17) is 11.6 Å². The average Bonchev–Trinajstić information content (AvgIpc) is 2.58. The normalized spacial score (nSPS) is 10.5. The highest BCUT2D eigenvalue weighted by Gasteiger charge is 2.13. The van der Waals surface area contributed by atoms with Gasteiger partial charge in [0.25, 0.3) is 5.91 Å². The van der Waals surface area contributed by atoms with E-state index in [0.717, 1.165) is 5.56 Å². The standard InChI is InChI=1S/C19H16ClFN4O/c1-11-15(20)7-4-8-16(11)25-19(26)17-10-18(23-12(2)22-17)24-14-6-3-5-13(21)9-14/h3-10H,1-2H3,(H,25,26)(H,22,23,24). The molecule has 0 atom stereocenters. The highest BCUT2D eigenvalue weighted by atomic mass is 35.5. The van der Waals surface area contributed by atoms with Gasteiger partial charge in [-0.3, -0.25) is 4.79 Å². The molecule has 132 valence electrons. The highest BCUT2D eigenvalue weighted by molar-refractivity contribution is 6.31. The predicted molar refractivity (Wildman–Crippen MR) is 101 cm³/mol. The number of amides is 1. The first-order valence-corrected chi connectivity index (χ1v) is 8.25. The van der Waals surface area contributed by atoms with Gasteiger partial charge in [0.2, 0.25) is 0 Å². The zero-order valence-electron chi connectivity index (χ0n) is 14.2. The van der Waals surface area contributed by atoms with Gasteiger partial charge >= 0.3 is 0 Å². The highest BCUT2D eigenvalue weighted by Crippen LogP contribution is 2.23. The van der Waals surface area contributed by atoms with Gasteiger partial charge in [0, 0.05) is 22.5 Å². The quantitative estimate of drug-likeness (QED) is 0.686. The minimum atomic E-state index is -0.386. The van der Waals surface area contributed by atoms with Crippen molar-refractivity contribution in [1.82, 2.24) is 9.97 Å². The van der Waals surface area contributed by atoms with Crippen molar-refractivity contribution in [2.45, 2.75) is 13.8 Å². The van der Waals surface area contributed by atoms with Crippen molar-refractivity contribution in [2.24, 2.45) is 0 Å². The maximum Gasteiger partial charge on any atom is 0.274 e. The Kier molecular flexibility index (Phi) is 5.14. The van der Waals surface area contributed by atoms with Crippen molar-refractivity contribution in [3.05, 3.63) is 76.5 Å². The number of halogens is 2. The number of aryl methyl sites for hydroxylation is 1. The van der Waals surface area contributed by atoms with Crippen LogP contribution in [0.15, 0.2) is 48.5 Å². The molecular formula is C19H16ClFN4O. The van der Waals surface area contributed by atoms with Crippen LogP contribution in [-0.4, -0.2) is 15.9 Å². The molecule has 0 fully saturated rings. The van der Waals surface area contributed by atoms with E-state index in [1.54, 1.807) is 37.3 Å². The van der Waals surface area contributed by atoms with Crippen LogP contribution in [-0.2, 0) is 0 Å². The molecule has 1 aromatic heterocycles. The van der Waals surface area contributed by atoms with E-state index in [9.17, 15) is 9.18 Å². The topological polar surface area (TPSA) is 66.9 Å². The molecule has 0 saturated carbocycles. The molecule has 0 radical (unpaired) electrons. The lowest BCUT2D eigenvalue weighted by atomic mass is 10.2. The summed E-state index contributed by atoms with van der Waals surface area (Å²) >= 11 is 6.08. The van der Waals surface area contributed by atoms with E-state index >= 15 is 0 Å². The molecule has 1 heterocycles. The van der Waals surface area contributed by atoms with Gasteiger partial charge < -0.3 is 10.6 Å². The van der Waals surface area contributed by atoms with E-state index in [1.807, 2.05) is 6.92 Å².